The van der Waals surface area contributed by atoms with E-state index >= 15 is 0 Å². The molecule has 0 rings (SSSR count). The van der Waals surface area contributed by atoms with E-state index in [0.717, 1.165) is 0 Å². The van der Waals surface area contributed by atoms with Gasteiger partial charge in [-0.15, -0.1) is 0 Å². The first-order valence-electron chi connectivity index (χ1n) is 5.89. The van der Waals surface area contributed by atoms with Crippen LogP contribution in [-0.4, -0.2) is 46.2 Å². The Hall–Kier alpha value is -0.583. The van der Waals surface area contributed by atoms with Crippen LogP contribution in [0.5, 0.6) is 0 Å². The van der Waals surface area contributed by atoms with Crippen molar-refractivity contribution >= 4 is 24.4 Å². The monoisotopic (exact) mass is 334 g/mol. The molecule has 0 aromatic rings. The Balaban J connectivity index is 4.28. The molecule has 120 valence electrons. The van der Waals surface area contributed by atoms with Crippen LogP contribution in [-0.2, 0) is 24.1 Å². The predicted octanol–water partition coefficient (Wildman–Crippen LogP) is 2.03. The number of halogens is 2. The Morgan fingerprint density at radius 3 is 2.30 bits per heavy atom. The molecule has 0 bridgehead atoms. The molecular weight excluding hydrogens is 314 g/mol. The summed E-state index contributed by atoms with van der Waals surface area (Å²) in [5, 5.41) is -4.49. The van der Waals surface area contributed by atoms with Crippen molar-refractivity contribution in [3.8, 4) is 0 Å². The Kier molecular flexibility index (Phi) is 6.72. The minimum absolute atomic E-state index is 0.0992. The van der Waals surface area contributed by atoms with Gasteiger partial charge in [0.2, 0.25) is 0 Å². The number of carbonyl (C=O) groups excluding carboxylic acids is 1. The lowest BCUT2D eigenvalue weighted by atomic mass is 10.2. The molecule has 0 aromatic heterocycles. The fourth-order valence-electron chi connectivity index (χ4n) is 1.19. The minimum Gasteiger partial charge on any atom is -0.458 e. The quantitative estimate of drug-likeness (QED) is 0.415. The van der Waals surface area contributed by atoms with Gasteiger partial charge < -0.3 is 9.16 Å². The molecule has 0 aliphatic heterocycles. The highest BCUT2D eigenvalue weighted by Gasteiger charge is 2.45. The Morgan fingerprint density at radius 1 is 1.40 bits per heavy atom. The molecular formula is C10H20F2O6SSi. The molecule has 0 heterocycles. The molecule has 0 fully saturated rings. The summed E-state index contributed by atoms with van der Waals surface area (Å²) in [6, 6.07) is 0. The summed E-state index contributed by atoms with van der Waals surface area (Å²) in [4.78, 5) is 11.3. The van der Waals surface area contributed by atoms with Crippen molar-refractivity contribution in [1.29, 1.82) is 0 Å². The number of carbonyl (C=O) groups is 1. The highest BCUT2D eigenvalue weighted by molar-refractivity contribution is 7.86. The molecule has 0 aromatic carbocycles. The van der Waals surface area contributed by atoms with Crippen molar-refractivity contribution in [2.24, 2.45) is 0 Å². The molecule has 0 radical (unpaired) electrons. The largest absolute Gasteiger partial charge is 0.458 e. The molecule has 1 N–H and O–H groups in total. The topological polar surface area (TPSA) is 89.9 Å². The van der Waals surface area contributed by atoms with Crippen LogP contribution >= 0.6 is 0 Å². The summed E-state index contributed by atoms with van der Waals surface area (Å²) in [5.74, 6) is -0.943. The maximum Gasteiger partial charge on any atom is 0.402 e. The number of hydrogen-bond acceptors (Lipinski definition) is 5. The van der Waals surface area contributed by atoms with Gasteiger partial charge in [0.1, 0.15) is 0 Å². The highest BCUT2D eigenvalue weighted by Crippen LogP contribution is 2.27. The zero-order chi connectivity index (χ0) is 16.2. The van der Waals surface area contributed by atoms with E-state index in [-0.39, 0.29) is 12.0 Å². The van der Waals surface area contributed by atoms with Crippen LogP contribution in [0.3, 0.4) is 0 Å². The molecule has 10 heteroatoms. The maximum atomic E-state index is 12.8. The highest BCUT2D eigenvalue weighted by atomic mass is 32.2. The van der Waals surface area contributed by atoms with Gasteiger partial charge in [-0.2, -0.15) is 17.2 Å². The van der Waals surface area contributed by atoms with Crippen LogP contribution in [0.25, 0.3) is 0 Å². The second kappa shape index (κ2) is 6.92. The Labute approximate surface area is 118 Å². The average molecular weight is 334 g/mol. The van der Waals surface area contributed by atoms with E-state index < -0.39 is 36.3 Å². The summed E-state index contributed by atoms with van der Waals surface area (Å²) < 4.78 is 64.0. The number of hydrogen-bond donors (Lipinski definition) is 1. The van der Waals surface area contributed by atoms with Gasteiger partial charge in [-0.05, 0) is 25.1 Å². The van der Waals surface area contributed by atoms with Crippen molar-refractivity contribution in [2.45, 2.75) is 43.7 Å². The molecule has 20 heavy (non-hydrogen) atoms. The molecule has 0 saturated carbocycles. The SMILES string of the molecule is CO[Si](C)(C)C(C)CCC(=O)OCC(F)(F)S(=O)(=O)O. The van der Waals surface area contributed by atoms with Crippen LogP contribution in [0.4, 0.5) is 8.78 Å². The van der Waals surface area contributed by atoms with E-state index in [4.69, 9.17) is 8.98 Å². The Morgan fingerprint density at radius 2 is 1.90 bits per heavy atom. The molecule has 1 atom stereocenters. The first-order chi connectivity index (χ1) is 8.83. The van der Waals surface area contributed by atoms with Gasteiger partial charge in [-0.1, -0.05) is 6.92 Å². The summed E-state index contributed by atoms with van der Waals surface area (Å²) in [5.41, 5.74) is 0.0992. The lowest BCUT2D eigenvalue weighted by Gasteiger charge is -2.27. The van der Waals surface area contributed by atoms with Crippen molar-refractivity contribution in [1.82, 2.24) is 0 Å². The smallest absolute Gasteiger partial charge is 0.402 e. The Bertz CT molecular complexity index is 437. The molecule has 0 spiro atoms. The second-order valence-electron chi connectivity index (χ2n) is 5.02. The van der Waals surface area contributed by atoms with Crippen LogP contribution in [0.2, 0.25) is 18.6 Å². The standard InChI is InChI=1S/C10H20F2O6SSi/c1-8(20(3,4)17-2)5-6-9(13)18-7-10(11,12)19(14,15)16/h8H,5-7H2,1-4H3,(H,14,15,16). The van der Waals surface area contributed by atoms with Crippen LogP contribution in [0, 0.1) is 0 Å². The van der Waals surface area contributed by atoms with E-state index in [2.05, 4.69) is 4.74 Å². The van der Waals surface area contributed by atoms with Gasteiger partial charge in [0, 0.05) is 13.5 Å². The lowest BCUT2D eigenvalue weighted by Crippen LogP contribution is -2.35. The summed E-state index contributed by atoms with van der Waals surface area (Å²) in [7, 11) is -5.93. The van der Waals surface area contributed by atoms with E-state index in [9.17, 15) is 22.0 Å². The molecule has 0 amide bonds. The van der Waals surface area contributed by atoms with Gasteiger partial charge in [0.05, 0.1) is 0 Å². The van der Waals surface area contributed by atoms with E-state index in [0.29, 0.717) is 6.42 Å². The van der Waals surface area contributed by atoms with Crippen LogP contribution in [0.15, 0.2) is 0 Å². The number of alkyl halides is 2. The summed E-state index contributed by atoms with van der Waals surface area (Å²) in [6.07, 6.45) is 0.270. The van der Waals surface area contributed by atoms with Crippen molar-refractivity contribution in [3.63, 3.8) is 0 Å². The fraction of sp³-hybridized carbons (Fsp3) is 0.900. The van der Waals surface area contributed by atoms with Gasteiger partial charge >= 0.3 is 21.3 Å². The van der Waals surface area contributed by atoms with Gasteiger partial charge in [-0.3, -0.25) is 9.35 Å². The third kappa shape index (κ3) is 5.81. The number of rotatable bonds is 8. The molecule has 0 aliphatic carbocycles. The van der Waals surface area contributed by atoms with Crippen LogP contribution < -0.4 is 0 Å². The van der Waals surface area contributed by atoms with E-state index in [1.165, 1.54) is 0 Å². The van der Waals surface area contributed by atoms with Gasteiger partial charge in [0.15, 0.2) is 14.9 Å². The first kappa shape index (κ1) is 19.4. The van der Waals surface area contributed by atoms with Gasteiger partial charge in [-0.25, -0.2) is 0 Å². The summed E-state index contributed by atoms with van der Waals surface area (Å²) >= 11 is 0. The van der Waals surface area contributed by atoms with E-state index in [1.54, 1.807) is 7.11 Å². The molecule has 0 saturated heterocycles. The molecule has 6 nitrogen and oxygen atoms in total. The normalized spacial score (nSPS) is 14.9. The number of esters is 1. The van der Waals surface area contributed by atoms with E-state index in [1.807, 2.05) is 20.0 Å². The lowest BCUT2D eigenvalue weighted by molar-refractivity contribution is -0.149. The van der Waals surface area contributed by atoms with Crippen LogP contribution in [0.1, 0.15) is 19.8 Å². The third-order valence-corrected chi connectivity index (χ3v) is 7.86. The van der Waals surface area contributed by atoms with Crippen molar-refractivity contribution < 1.29 is 35.7 Å². The third-order valence-electron chi connectivity index (χ3n) is 3.27. The predicted molar refractivity (Wildman–Crippen MR) is 70.6 cm³/mol. The fourth-order valence-corrected chi connectivity index (χ4v) is 2.64. The zero-order valence-corrected chi connectivity index (χ0v) is 13.7. The number of ether oxygens (including phenoxy) is 1. The molecule has 1 unspecified atom stereocenters. The summed E-state index contributed by atoms with van der Waals surface area (Å²) in [6.45, 7) is 4.10. The zero-order valence-electron chi connectivity index (χ0n) is 11.9. The van der Waals surface area contributed by atoms with Gasteiger partial charge in [0.25, 0.3) is 0 Å². The van der Waals surface area contributed by atoms with Crippen molar-refractivity contribution in [3.05, 3.63) is 0 Å². The van der Waals surface area contributed by atoms with Crippen molar-refractivity contribution in [2.75, 3.05) is 13.7 Å². The first-order valence-corrected chi connectivity index (χ1v) is 10.3. The molecule has 0 aliphatic rings. The maximum absolute atomic E-state index is 12.8. The minimum atomic E-state index is -5.58. The second-order valence-corrected chi connectivity index (χ2v) is 11.2. The average Bonchev–Trinajstić information content (AvgIpc) is 2.31.